The maximum Gasteiger partial charge on any atom is 0.144 e. The van der Waals surface area contributed by atoms with Gasteiger partial charge in [0.25, 0.3) is 0 Å². The largest absolute Gasteiger partial charge is 0.505 e. The monoisotopic (exact) mass is 241 g/mol. The number of aromatic hydroxyl groups is 1. The Kier molecular flexibility index (Phi) is 6.26. The van der Waals surface area contributed by atoms with Crippen molar-refractivity contribution in [1.82, 2.24) is 0 Å². The van der Waals surface area contributed by atoms with Gasteiger partial charge in [0.15, 0.2) is 0 Å². The Morgan fingerprint density at radius 2 is 1.89 bits per heavy atom. The van der Waals surface area contributed by atoms with Crippen LogP contribution in [0.3, 0.4) is 0 Å². The van der Waals surface area contributed by atoms with Crippen LogP contribution in [0.5, 0.6) is 5.75 Å². The molecule has 0 aliphatic carbocycles. The van der Waals surface area contributed by atoms with Crippen LogP contribution in [0.25, 0.3) is 0 Å². The normalized spacial score (nSPS) is 12.6. The van der Waals surface area contributed by atoms with E-state index >= 15 is 0 Å². The first-order valence-corrected chi connectivity index (χ1v) is 6.03. The molecule has 0 aliphatic heterocycles. The summed E-state index contributed by atoms with van der Waals surface area (Å²) in [5, 5.41) is 10.1. The van der Waals surface area contributed by atoms with E-state index in [0.717, 1.165) is 5.56 Å². The Morgan fingerprint density at radius 1 is 1.11 bits per heavy atom. The third-order valence-electron chi connectivity index (χ3n) is 2.37. The van der Waals surface area contributed by atoms with E-state index in [1.807, 2.05) is 62.4 Å². The molecule has 0 unspecified atom stereocenters. The second-order valence-corrected chi connectivity index (χ2v) is 3.75. The number of benzene rings is 1. The fourth-order valence-electron chi connectivity index (χ4n) is 1.44. The van der Waals surface area contributed by atoms with Crippen molar-refractivity contribution in [2.24, 2.45) is 4.99 Å². The number of rotatable bonds is 5. The number of phenolic OH excluding ortho intramolecular Hbond substituents is 1. The predicted molar refractivity (Wildman–Crippen MR) is 78.7 cm³/mol. The van der Waals surface area contributed by atoms with Gasteiger partial charge < -0.3 is 5.11 Å². The van der Waals surface area contributed by atoms with Gasteiger partial charge in [-0.2, -0.15) is 0 Å². The second-order valence-electron chi connectivity index (χ2n) is 3.75. The minimum Gasteiger partial charge on any atom is -0.505 e. The van der Waals surface area contributed by atoms with Crippen molar-refractivity contribution in [3.05, 3.63) is 60.2 Å². The fraction of sp³-hybridized carbons (Fsp3) is 0.188. The molecule has 0 saturated carbocycles. The van der Waals surface area contributed by atoms with Gasteiger partial charge in [-0.25, -0.2) is 0 Å². The van der Waals surface area contributed by atoms with Gasteiger partial charge in [0.1, 0.15) is 11.4 Å². The van der Waals surface area contributed by atoms with Gasteiger partial charge in [-0.05, 0) is 38.0 Å². The fourth-order valence-corrected chi connectivity index (χ4v) is 1.44. The highest BCUT2D eigenvalue weighted by Crippen LogP contribution is 2.30. The maximum atomic E-state index is 10.1. The molecule has 1 aromatic carbocycles. The molecular weight excluding hydrogens is 222 g/mol. The zero-order chi connectivity index (χ0) is 13.2. The van der Waals surface area contributed by atoms with Gasteiger partial charge in [0, 0.05) is 6.21 Å². The minimum atomic E-state index is 0.253. The Hall–Kier alpha value is -2.09. The van der Waals surface area contributed by atoms with Crippen LogP contribution in [-0.4, -0.2) is 11.3 Å². The van der Waals surface area contributed by atoms with Gasteiger partial charge in [-0.3, -0.25) is 4.99 Å². The van der Waals surface area contributed by atoms with Crippen molar-refractivity contribution in [2.75, 3.05) is 0 Å². The number of nitrogens with zero attached hydrogens (tertiary/aromatic N) is 1. The second kappa shape index (κ2) is 8.07. The molecule has 2 heteroatoms. The number of para-hydroxylation sites is 1. The molecule has 0 bridgehead atoms. The van der Waals surface area contributed by atoms with Crippen molar-refractivity contribution in [3.63, 3.8) is 0 Å². The summed E-state index contributed by atoms with van der Waals surface area (Å²) in [4.78, 5) is 4.20. The van der Waals surface area contributed by atoms with Gasteiger partial charge in [0.05, 0.1) is 0 Å². The molecule has 0 aromatic heterocycles. The first-order valence-electron chi connectivity index (χ1n) is 6.03. The molecule has 0 fully saturated rings. The molecule has 18 heavy (non-hydrogen) atoms. The molecule has 2 nitrogen and oxygen atoms in total. The first kappa shape index (κ1) is 14.0. The van der Waals surface area contributed by atoms with E-state index in [4.69, 9.17) is 0 Å². The summed E-state index contributed by atoms with van der Waals surface area (Å²) in [6, 6.07) is 5.61. The number of hydrogen-bond acceptors (Lipinski definition) is 2. The highest BCUT2D eigenvalue weighted by Gasteiger charge is 2.03. The van der Waals surface area contributed by atoms with Crippen molar-refractivity contribution in [1.29, 1.82) is 0 Å². The zero-order valence-corrected chi connectivity index (χ0v) is 10.9. The highest BCUT2D eigenvalue weighted by molar-refractivity contribution is 5.76. The molecule has 1 rings (SSSR count). The van der Waals surface area contributed by atoms with Crippen molar-refractivity contribution >= 4 is 11.9 Å². The summed E-state index contributed by atoms with van der Waals surface area (Å²) in [5.41, 5.74) is 1.48. The van der Waals surface area contributed by atoms with E-state index in [0.29, 0.717) is 12.1 Å². The number of hydrogen-bond donors (Lipinski definition) is 1. The number of aliphatic imine (C=N–C) groups is 1. The molecule has 0 heterocycles. The smallest absolute Gasteiger partial charge is 0.144 e. The van der Waals surface area contributed by atoms with Gasteiger partial charge in [-0.1, -0.05) is 42.5 Å². The predicted octanol–water partition coefficient (Wildman–Crippen LogP) is 4.35. The average Bonchev–Trinajstić information content (AvgIpc) is 2.38. The summed E-state index contributed by atoms with van der Waals surface area (Å²) in [7, 11) is 0. The van der Waals surface area contributed by atoms with E-state index in [1.165, 1.54) is 0 Å². The molecule has 0 radical (unpaired) electrons. The maximum absolute atomic E-state index is 10.1. The topological polar surface area (TPSA) is 32.6 Å². The lowest BCUT2D eigenvalue weighted by Crippen LogP contribution is -1.82. The molecule has 0 saturated heterocycles. The summed E-state index contributed by atoms with van der Waals surface area (Å²) < 4.78 is 0. The van der Waals surface area contributed by atoms with Crippen molar-refractivity contribution in [2.45, 2.75) is 20.3 Å². The van der Waals surface area contributed by atoms with Crippen LogP contribution in [0, 0.1) is 0 Å². The van der Waals surface area contributed by atoms with E-state index < -0.39 is 0 Å². The van der Waals surface area contributed by atoms with Crippen LogP contribution in [0.1, 0.15) is 19.4 Å². The van der Waals surface area contributed by atoms with Crippen LogP contribution in [0.2, 0.25) is 0 Å². The van der Waals surface area contributed by atoms with Crippen LogP contribution < -0.4 is 0 Å². The third-order valence-corrected chi connectivity index (χ3v) is 2.37. The molecule has 1 aromatic rings. The van der Waals surface area contributed by atoms with Crippen LogP contribution in [0.15, 0.2) is 59.6 Å². The molecule has 0 spiro atoms. The zero-order valence-electron chi connectivity index (χ0n) is 10.9. The van der Waals surface area contributed by atoms with Crippen LogP contribution in [0.4, 0.5) is 5.69 Å². The summed E-state index contributed by atoms with van der Waals surface area (Å²) in [5.74, 6) is 0.253. The van der Waals surface area contributed by atoms with Crippen LogP contribution >= 0.6 is 0 Å². The van der Waals surface area contributed by atoms with E-state index in [9.17, 15) is 5.11 Å². The standard InChI is InChI=1S/C16H19NO/c1-3-5-7-8-10-14-11-9-12-15(16(14)18)17-13-6-4-2/h3-9,11-13,18H,10H2,1-2H3/b5-3-,6-4-,8-7-,17-13?. The van der Waals surface area contributed by atoms with Crippen molar-refractivity contribution < 1.29 is 5.11 Å². The Balaban J connectivity index is 2.84. The van der Waals surface area contributed by atoms with Gasteiger partial charge in [-0.15, -0.1) is 0 Å². The summed E-state index contributed by atoms with van der Waals surface area (Å²) in [6.45, 7) is 3.90. The molecule has 0 atom stereocenters. The third kappa shape index (κ3) is 4.42. The lowest BCUT2D eigenvalue weighted by Gasteiger charge is -2.03. The summed E-state index contributed by atoms with van der Waals surface area (Å²) in [6.07, 6.45) is 14.0. The molecule has 1 N–H and O–H groups in total. The Morgan fingerprint density at radius 3 is 2.61 bits per heavy atom. The van der Waals surface area contributed by atoms with Crippen molar-refractivity contribution in [3.8, 4) is 5.75 Å². The van der Waals surface area contributed by atoms with Crippen LogP contribution in [-0.2, 0) is 6.42 Å². The Labute approximate surface area is 109 Å². The molecule has 94 valence electrons. The number of phenols is 1. The van der Waals surface area contributed by atoms with E-state index in [2.05, 4.69) is 4.99 Å². The first-order chi connectivity index (χ1) is 8.79. The van der Waals surface area contributed by atoms with Gasteiger partial charge in [0.2, 0.25) is 0 Å². The summed E-state index contributed by atoms with van der Waals surface area (Å²) >= 11 is 0. The minimum absolute atomic E-state index is 0.253. The SMILES string of the molecule is C/C=C\C=Nc1cccc(C/C=C\C=C/C)c1O. The lowest BCUT2D eigenvalue weighted by molar-refractivity contribution is 0.471. The molecular formula is C16H19NO. The number of allylic oxidation sites excluding steroid dienone is 6. The average molecular weight is 241 g/mol. The highest BCUT2D eigenvalue weighted by atomic mass is 16.3. The van der Waals surface area contributed by atoms with Gasteiger partial charge >= 0.3 is 0 Å². The van der Waals surface area contributed by atoms with E-state index in [1.54, 1.807) is 12.3 Å². The quantitative estimate of drug-likeness (QED) is 0.603. The Bertz CT molecular complexity index is 482. The lowest BCUT2D eigenvalue weighted by atomic mass is 10.1. The molecule has 0 aliphatic rings. The molecule has 0 amide bonds. The van der Waals surface area contributed by atoms with E-state index in [-0.39, 0.29) is 5.75 Å².